The molecule has 0 aliphatic carbocycles. The highest BCUT2D eigenvalue weighted by Gasteiger charge is 2.15. The molecule has 2 aromatic rings. The second kappa shape index (κ2) is 10.9. The number of hydrogen-bond donors (Lipinski definition) is 0. The van der Waals surface area contributed by atoms with Gasteiger partial charge in [0.25, 0.3) is 0 Å². The maximum Gasteiger partial charge on any atom is 0.145 e. The highest BCUT2D eigenvalue weighted by atomic mass is 79.9. The smallest absolute Gasteiger partial charge is 0.145 e. The van der Waals surface area contributed by atoms with Gasteiger partial charge in [-0.1, -0.05) is 84.9 Å². The van der Waals surface area contributed by atoms with Crippen LogP contribution in [-0.4, -0.2) is 18.5 Å². The van der Waals surface area contributed by atoms with Gasteiger partial charge in [-0.2, -0.15) is 0 Å². The van der Waals surface area contributed by atoms with Gasteiger partial charge in [0.1, 0.15) is 11.5 Å². The average molecular weight is 428 g/mol. The number of unbranched alkanes of at least 4 members (excludes halogenated alkanes) is 1. The number of benzene rings is 2. The van der Waals surface area contributed by atoms with E-state index in [-0.39, 0.29) is 0 Å². The fourth-order valence-corrected chi connectivity index (χ4v) is 3.37. The normalized spacial score (nSPS) is 12.3. The summed E-state index contributed by atoms with van der Waals surface area (Å²) < 4.78 is 12.1. The number of hydrogen-bond acceptors (Lipinski definition) is 2. The van der Waals surface area contributed by atoms with Crippen LogP contribution >= 0.6 is 27.5 Å². The van der Waals surface area contributed by atoms with Crippen LogP contribution in [0.15, 0.2) is 30.3 Å². The van der Waals surface area contributed by atoms with Crippen molar-refractivity contribution in [1.82, 2.24) is 0 Å². The topological polar surface area (TPSA) is 18.5 Å². The third-order valence-electron chi connectivity index (χ3n) is 4.45. The molecule has 0 bridgehead atoms. The van der Waals surface area contributed by atoms with E-state index in [1.54, 1.807) is 0 Å². The lowest BCUT2D eigenvalue weighted by Crippen LogP contribution is -2.12. The zero-order chi connectivity index (χ0) is 18.1. The number of fused-ring (bicyclic) bond motifs is 1. The van der Waals surface area contributed by atoms with Crippen LogP contribution in [-0.2, 0) is 0 Å². The van der Waals surface area contributed by atoms with Gasteiger partial charge in [-0.15, -0.1) is 0 Å². The molecule has 0 spiro atoms. The van der Waals surface area contributed by atoms with Crippen molar-refractivity contribution in [3.8, 4) is 11.5 Å². The largest absolute Gasteiger partial charge is 0.493 e. The van der Waals surface area contributed by atoms with Gasteiger partial charge in [-0.25, -0.2) is 0 Å². The minimum Gasteiger partial charge on any atom is -0.493 e. The lowest BCUT2D eigenvalue weighted by atomic mass is 10.0. The van der Waals surface area contributed by atoms with Crippen LogP contribution in [0.4, 0.5) is 0 Å². The van der Waals surface area contributed by atoms with Gasteiger partial charge in [0.05, 0.1) is 18.2 Å². The molecule has 0 aliphatic rings. The quantitative estimate of drug-likeness (QED) is 0.278. The SMILES string of the molecule is CCCCC(CC)COc1c(Cl)cc(OCCCBr)c2ccccc12. The third kappa shape index (κ3) is 5.79. The van der Waals surface area contributed by atoms with E-state index in [1.807, 2.05) is 18.2 Å². The molecule has 0 saturated heterocycles. The van der Waals surface area contributed by atoms with E-state index in [0.29, 0.717) is 24.2 Å². The fourth-order valence-electron chi connectivity index (χ4n) is 2.89. The summed E-state index contributed by atoms with van der Waals surface area (Å²) in [6, 6.07) is 10.0. The van der Waals surface area contributed by atoms with E-state index in [2.05, 4.69) is 41.9 Å². The Hall–Kier alpha value is -0.930. The van der Waals surface area contributed by atoms with Crippen molar-refractivity contribution in [3.63, 3.8) is 0 Å². The Kier molecular flexibility index (Phi) is 8.91. The molecule has 138 valence electrons. The molecule has 2 nitrogen and oxygen atoms in total. The molecule has 0 radical (unpaired) electrons. The Bertz CT molecular complexity index is 660. The van der Waals surface area contributed by atoms with Crippen molar-refractivity contribution in [1.29, 1.82) is 0 Å². The number of alkyl halides is 1. The molecule has 2 aromatic carbocycles. The van der Waals surface area contributed by atoms with Gasteiger partial charge in [0.2, 0.25) is 0 Å². The summed E-state index contributed by atoms with van der Waals surface area (Å²) in [5.41, 5.74) is 0. The van der Waals surface area contributed by atoms with Gasteiger partial charge in [-0.05, 0) is 18.8 Å². The Balaban J connectivity index is 2.22. The van der Waals surface area contributed by atoms with Crippen molar-refractivity contribution in [2.75, 3.05) is 18.5 Å². The Morgan fingerprint density at radius 2 is 1.84 bits per heavy atom. The molecule has 0 fully saturated rings. The summed E-state index contributed by atoms with van der Waals surface area (Å²) in [7, 11) is 0. The summed E-state index contributed by atoms with van der Waals surface area (Å²) in [6.45, 7) is 5.83. The van der Waals surface area contributed by atoms with Gasteiger partial charge in [0, 0.05) is 22.2 Å². The number of rotatable bonds is 11. The van der Waals surface area contributed by atoms with Crippen LogP contribution in [0.1, 0.15) is 46.0 Å². The second-order valence-electron chi connectivity index (χ2n) is 6.35. The van der Waals surface area contributed by atoms with Crippen LogP contribution in [0.25, 0.3) is 10.8 Å². The molecule has 0 aromatic heterocycles. The van der Waals surface area contributed by atoms with Crippen LogP contribution in [0, 0.1) is 5.92 Å². The van der Waals surface area contributed by atoms with Crippen molar-refractivity contribution >= 4 is 38.3 Å². The van der Waals surface area contributed by atoms with E-state index in [1.165, 1.54) is 19.3 Å². The van der Waals surface area contributed by atoms with E-state index in [0.717, 1.165) is 40.4 Å². The monoisotopic (exact) mass is 426 g/mol. The van der Waals surface area contributed by atoms with Gasteiger partial charge in [-0.3, -0.25) is 0 Å². The number of halogens is 2. The lowest BCUT2D eigenvalue weighted by molar-refractivity contribution is 0.235. The fraction of sp³-hybridized carbons (Fsp3) is 0.524. The molecule has 2 rings (SSSR count). The van der Waals surface area contributed by atoms with Crippen molar-refractivity contribution in [3.05, 3.63) is 35.4 Å². The van der Waals surface area contributed by atoms with Crippen molar-refractivity contribution in [2.24, 2.45) is 5.92 Å². The summed E-state index contributed by atoms with van der Waals surface area (Å²) in [6.07, 6.45) is 5.76. The summed E-state index contributed by atoms with van der Waals surface area (Å²) in [5.74, 6) is 2.18. The Morgan fingerprint density at radius 1 is 1.08 bits per heavy atom. The standard InChI is InChI=1S/C21H28BrClO2/c1-3-5-9-16(4-2)15-25-21-18-11-7-6-10-17(18)20(14-19(21)23)24-13-8-12-22/h6-7,10-11,14,16H,3-5,8-9,12-13,15H2,1-2H3. The zero-order valence-electron chi connectivity index (χ0n) is 15.2. The third-order valence-corrected chi connectivity index (χ3v) is 5.30. The first-order chi connectivity index (χ1) is 12.2. The molecular formula is C21H28BrClO2. The molecule has 1 atom stereocenters. The highest BCUT2D eigenvalue weighted by molar-refractivity contribution is 9.09. The zero-order valence-corrected chi connectivity index (χ0v) is 17.5. The first kappa shape index (κ1) is 20.4. The summed E-state index contributed by atoms with van der Waals surface area (Å²) in [4.78, 5) is 0. The highest BCUT2D eigenvalue weighted by Crippen LogP contribution is 2.40. The van der Waals surface area contributed by atoms with Crippen LogP contribution in [0.5, 0.6) is 11.5 Å². The molecular weight excluding hydrogens is 400 g/mol. The van der Waals surface area contributed by atoms with E-state index in [9.17, 15) is 0 Å². The molecule has 0 aliphatic heterocycles. The lowest BCUT2D eigenvalue weighted by Gasteiger charge is -2.19. The van der Waals surface area contributed by atoms with Crippen LogP contribution < -0.4 is 9.47 Å². The minimum atomic E-state index is 0.574. The molecule has 25 heavy (non-hydrogen) atoms. The predicted molar refractivity (Wildman–Crippen MR) is 112 cm³/mol. The molecule has 0 amide bonds. The second-order valence-corrected chi connectivity index (χ2v) is 7.55. The minimum absolute atomic E-state index is 0.574. The van der Waals surface area contributed by atoms with E-state index >= 15 is 0 Å². The Morgan fingerprint density at radius 3 is 2.52 bits per heavy atom. The van der Waals surface area contributed by atoms with E-state index in [4.69, 9.17) is 21.1 Å². The summed E-state index contributed by atoms with van der Waals surface area (Å²) >= 11 is 9.97. The Labute approximate surface area is 165 Å². The molecule has 4 heteroatoms. The molecule has 1 unspecified atom stereocenters. The molecule has 0 N–H and O–H groups in total. The van der Waals surface area contributed by atoms with Crippen LogP contribution in [0.3, 0.4) is 0 Å². The first-order valence-electron chi connectivity index (χ1n) is 9.24. The van der Waals surface area contributed by atoms with Gasteiger partial charge in [0.15, 0.2) is 0 Å². The van der Waals surface area contributed by atoms with Crippen molar-refractivity contribution < 1.29 is 9.47 Å². The number of ether oxygens (including phenoxy) is 2. The maximum absolute atomic E-state index is 6.54. The molecule has 0 heterocycles. The van der Waals surface area contributed by atoms with Crippen LogP contribution in [0.2, 0.25) is 5.02 Å². The average Bonchev–Trinajstić information content (AvgIpc) is 2.63. The predicted octanol–water partition coefficient (Wildman–Crippen LogP) is 7.25. The van der Waals surface area contributed by atoms with Crippen molar-refractivity contribution in [2.45, 2.75) is 46.0 Å². The maximum atomic E-state index is 6.54. The summed E-state index contributed by atoms with van der Waals surface area (Å²) in [5, 5.41) is 3.63. The van der Waals surface area contributed by atoms with Gasteiger partial charge < -0.3 is 9.47 Å². The van der Waals surface area contributed by atoms with E-state index < -0.39 is 0 Å². The molecule has 0 saturated carbocycles. The first-order valence-corrected chi connectivity index (χ1v) is 10.7. The van der Waals surface area contributed by atoms with Gasteiger partial charge >= 0.3 is 0 Å².